The third kappa shape index (κ3) is 3.55. The Morgan fingerprint density at radius 3 is 2.80 bits per heavy atom. The van der Waals surface area contributed by atoms with Crippen LogP contribution in [0, 0.1) is 5.82 Å². The summed E-state index contributed by atoms with van der Waals surface area (Å²) in [6, 6.07) is 4.69. The maximum atomic E-state index is 13.0. The predicted octanol–water partition coefficient (Wildman–Crippen LogP) is 2.40. The molecule has 1 atom stereocenters. The van der Waals surface area contributed by atoms with E-state index < -0.39 is 0 Å². The van der Waals surface area contributed by atoms with Crippen molar-refractivity contribution in [3.05, 3.63) is 34.1 Å². The van der Waals surface area contributed by atoms with Crippen molar-refractivity contribution in [2.75, 3.05) is 13.7 Å². The van der Waals surface area contributed by atoms with Crippen molar-refractivity contribution in [2.45, 2.75) is 19.5 Å². The largest absolute Gasteiger partial charge is 0.395 e. The molecule has 0 radical (unpaired) electrons. The zero-order chi connectivity index (χ0) is 11.4. The summed E-state index contributed by atoms with van der Waals surface area (Å²) in [6.07, 6.45) is 0. The van der Waals surface area contributed by atoms with Crippen molar-refractivity contribution in [1.29, 1.82) is 0 Å². The van der Waals surface area contributed by atoms with Gasteiger partial charge in [0.1, 0.15) is 5.82 Å². The van der Waals surface area contributed by atoms with Crippen LogP contribution in [-0.4, -0.2) is 29.7 Å². The molecule has 15 heavy (non-hydrogen) atoms. The van der Waals surface area contributed by atoms with Crippen molar-refractivity contribution in [3.8, 4) is 0 Å². The van der Waals surface area contributed by atoms with E-state index in [-0.39, 0.29) is 18.5 Å². The van der Waals surface area contributed by atoms with Crippen LogP contribution in [0.5, 0.6) is 0 Å². The molecule has 1 aromatic rings. The van der Waals surface area contributed by atoms with Crippen molar-refractivity contribution >= 4 is 15.9 Å². The minimum atomic E-state index is -0.238. The van der Waals surface area contributed by atoms with Gasteiger partial charge in [0, 0.05) is 17.1 Å². The molecule has 1 N–H and O–H groups in total. The Morgan fingerprint density at radius 2 is 2.20 bits per heavy atom. The van der Waals surface area contributed by atoms with Crippen molar-refractivity contribution < 1.29 is 9.50 Å². The number of hydrogen-bond acceptors (Lipinski definition) is 2. The molecular weight excluding hydrogens is 261 g/mol. The average molecular weight is 276 g/mol. The van der Waals surface area contributed by atoms with Crippen molar-refractivity contribution in [1.82, 2.24) is 4.90 Å². The number of nitrogens with zero attached hydrogens (tertiary/aromatic N) is 1. The van der Waals surface area contributed by atoms with E-state index in [2.05, 4.69) is 15.9 Å². The van der Waals surface area contributed by atoms with Crippen LogP contribution in [0.15, 0.2) is 22.7 Å². The maximum Gasteiger partial charge on any atom is 0.123 e. The highest BCUT2D eigenvalue weighted by Gasteiger charge is 2.10. The highest BCUT2D eigenvalue weighted by molar-refractivity contribution is 9.10. The second kappa shape index (κ2) is 5.58. The molecule has 2 nitrogen and oxygen atoms in total. The zero-order valence-corrected chi connectivity index (χ0v) is 10.5. The fourth-order valence-electron chi connectivity index (χ4n) is 1.23. The van der Waals surface area contributed by atoms with Crippen LogP contribution in [0.3, 0.4) is 0 Å². The fourth-order valence-corrected chi connectivity index (χ4v) is 1.60. The monoisotopic (exact) mass is 275 g/mol. The number of hydrogen-bond donors (Lipinski definition) is 1. The van der Waals surface area contributed by atoms with E-state index in [0.29, 0.717) is 6.54 Å². The van der Waals surface area contributed by atoms with Crippen LogP contribution >= 0.6 is 15.9 Å². The highest BCUT2D eigenvalue weighted by Crippen LogP contribution is 2.19. The standard InChI is InChI=1S/C11H15BrFNO/c1-8(7-15)14(2)6-9-5-10(13)3-4-11(9)12/h3-5,8,15H,6-7H2,1-2H3. The SMILES string of the molecule is CC(CO)N(C)Cc1cc(F)ccc1Br. The third-order valence-electron chi connectivity index (χ3n) is 2.44. The van der Waals surface area contributed by atoms with E-state index in [1.54, 1.807) is 6.07 Å². The lowest BCUT2D eigenvalue weighted by Gasteiger charge is -2.23. The fraction of sp³-hybridized carbons (Fsp3) is 0.455. The summed E-state index contributed by atoms with van der Waals surface area (Å²) in [4.78, 5) is 1.97. The van der Waals surface area contributed by atoms with Gasteiger partial charge in [-0.1, -0.05) is 15.9 Å². The number of likely N-dealkylation sites (N-methyl/N-ethyl adjacent to an activating group) is 1. The minimum Gasteiger partial charge on any atom is -0.395 e. The molecule has 0 bridgehead atoms. The highest BCUT2D eigenvalue weighted by atomic mass is 79.9. The Bertz CT molecular complexity index is 332. The zero-order valence-electron chi connectivity index (χ0n) is 8.87. The Kier molecular flexibility index (Phi) is 4.70. The van der Waals surface area contributed by atoms with Gasteiger partial charge in [0.05, 0.1) is 6.61 Å². The quantitative estimate of drug-likeness (QED) is 0.912. The second-order valence-corrected chi connectivity index (χ2v) is 4.54. The van der Waals surface area contributed by atoms with Crippen LogP contribution in [0.25, 0.3) is 0 Å². The summed E-state index contributed by atoms with van der Waals surface area (Å²) in [7, 11) is 1.90. The summed E-state index contributed by atoms with van der Waals surface area (Å²) in [5, 5.41) is 8.98. The molecule has 0 fully saturated rings. The smallest absolute Gasteiger partial charge is 0.123 e. The van der Waals surface area contributed by atoms with Crippen LogP contribution < -0.4 is 0 Å². The second-order valence-electron chi connectivity index (χ2n) is 3.68. The molecule has 1 aromatic carbocycles. The first-order chi connectivity index (χ1) is 7.04. The first kappa shape index (κ1) is 12.6. The molecule has 0 amide bonds. The Labute approximate surface area is 97.8 Å². The van der Waals surface area contributed by atoms with Gasteiger partial charge in [0.15, 0.2) is 0 Å². The number of aliphatic hydroxyl groups excluding tert-OH is 1. The van der Waals surface area contributed by atoms with Gasteiger partial charge in [0.25, 0.3) is 0 Å². The lowest BCUT2D eigenvalue weighted by Crippen LogP contribution is -2.31. The van der Waals surface area contributed by atoms with Crippen LogP contribution in [-0.2, 0) is 6.54 Å². The van der Waals surface area contributed by atoms with Crippen LogP contribution in [0.2, 0.25) is 0 Å². The summed E-state index contributed by atoms with van der Waals surface area (Å²) >= 11 is 3.37. The number of halogens is 2. The van der Waals surface area contributed by atoms with E-state index in [1.165, 1.54) is 12.1 Å². The lowest BCUT2D eigenvalue weighted by atomic mass is 10.2. The molecule has 0 aromatic heterocycles. The minimum absolute atomic E-state index is 0.0696. The van der Waals surface area contributed by atoms with E-state index in [1.807, 2.05) is 18.9 Å². The first-order valence-electron chi connectivity index (χ1n) is 4.79. The van der Waals surface area contributed by atoms with Gasteiger partial charge >= 0.3 is 0 Å². The summed E-state index contributed by atoms with van der Waals surface area (Å²) in [5.41, 5.74) is 0.887. The first-order valence-corrected chi connectivity index (χ1v) is 5.59. The maximum absolute atomic E-state index is 13.0. The van der Waals surface area contributed by atoms with Gasteiger partial charge in [-0.15, -0.1) is 0 Å². The predicted molar refractivity (Wildman–Crippen MR) is 62.1 cm³/mol. The van der Waals surface area contributed by atoms with Gasteiger partial charge in [-0.25, -0.2) is 4.39 Å². The Morgan fingerprint density at radius 1 is 1.53 bits per heavy atom. The van der Waals surface area contributed by atoms with E-state index in [9.17, 15) is 4.39 Å². The van der Waals surface area contributed by atoms with Crippen molar-refractivity contribution in [3.63, 3.8) is 0 Å². The Hall–Kier alpha value is -0.450. The van der Waals surface area contributed by atoms with E-state index in [0.717, 1.165) is 10.0 Å². The molecule has 0 aliphatic rings. The number of aliphatic hydroxyl groups is 1. The molecule has 0 aliphatic heterocycles. The molecule has 0 aliphatic carbocycles. The summed E-state index contributed by atoms with van der Waals surface area (Å²) in [5.74, 6) is -0.238. The van der Waals surface area contributed by atoms with Gasteiger partial charge < -0.3 is 5.11 Å². The molecule has 0 spiro atoms. The number of benzene rings is 1. The molecule has 84 valence electrons. The van der Waals surface area contributed by atoms with Gasteiger partial charge in [-0.3, -0.25) is 4.90 Å². The van der Waals surface area contributed by atoms with Crippen molar-refractivity contribution in [2.24, 2.45) is 0 Å². The molecule has 0 heterocycles. The molecule has 1 rings (SSSR count). The lowest BCUT2D eigenvalue weighted by molar-refractivity contribution is 0.153. The molecule has 0 saturated carbocycles. The molecule has 4 heteroatoms. The summed E-state index contributed by atoms with van der Waals surface area (Å²) < 4.78 is 13.9. The van der Waals surface area contributed by atoms with E-state index in [4.69, 9.17) is 5.11 Å². The van der Waals surface area contributed by atoms with Gasteiger partial charge in [0.2, 0.25) is 0 Å². The molecular formula is C11H15BrFNO. The number of rotatable bonds is 4. The third-order valence-corrected chi connectivity index (χ3v) is 3.22. The summed E-state index contributed by atoms with van der Waals surface area (Å²) in [6.45, 7) is 2.64. The average Bonchev–Trinajstić information content (AvgIpc) is 2.22. The Balaban J connectivity index is 2.75. The van der Waals surface area contributed by atoms with E-state index >= 15 is 0 Å². The normalized spacial score (nSPS) is 13.2. The topological polar surface area (TPSA) is 23.5 Å². The molecule has 1 unspecified atom stereocenters. The van der Waals surface area contributed by atoms with Crippen LogP contribution in [0.4, 0.5) is 4.39 Å². The van der Waals surface area contributed by atoms with Gasteiger partial charge in [-0.05, 0) is 37.7 Å². The van der Waals surface area contributed by atoms with Gasteiger partial charge in [-0.2, -0.15) is 0 Å². The molecule has 0 saturated heterocycles. The van der Waals surface area contributed by atoms with Crippen LogP contribution in [0.1, 0.15) is 12.5 Å².